The second-order valence-corrected chi connectivity index (χ2v) is 3.75. The van der Waals surface area contributed by atoms with Crippen molar-refractivity contribution in [3.05, 3.63) is 28.0 Å². The Kier molecular flexibility index (Phi) is 3.90. The van der Waals surface area contributed by atoms with Gasteiger partial charge >= 0.3 is 0 Å². The van der Waals surface area contributed by atoms with Crippen molar-refractivity contribution in [3.8, 4) is 5.75 Å². The van der Waals surface area contributed by atoms with Gasteiger partial charge in [-0.05, 0) is 25.0 Å². The zero-order valence-electron chi connectivity index (χ0n) is 8.30. The van der Waals surface area contributed by atoms with Gasteiger partial charge in [-0.25, -0.2) is 4.39 Å². The number of aromatic hydroxyl groups is 1. The van der Waals surface area contributed by atoms with E-state index in [-0.39, 0.29) is 23.6 Å². The molecule has 0 aliphatic carbocycles. The number of rotatable bonds is 3. The predicted octanol–water partition coefficient (Wildman–Crippen LogP) is 1.88. The molecule has 0 bridgehead atoms. The maximum atomic E-state index is 13.2. The second kappa shape index (κ2) is 4.79. The molecule has 1 atom stereocenters. The van der Waals surface area contributed by atoms with E-state index in [9.17, 15) is 9.50 Å². The van der Waals surface area contributed by atoms with Crippen molar-refractivity contribution in [1.29, 1.82) is 0 Å². The molecule has 0 aliphatic rings. The van der Waals surface area contributed by atoms with E-state index >= 15 is 0 Å². The van der Waals surface area contributed by atoms with Crippen LogP contribution in [0.2, 0.25) is 5.02 Å². The SMILES string of the molecule is Cc1cc(F)c(O)c(C(N)CCO)c1Cl. The predicted molar refractivity (Wildman–Crippen MR) is 56.4 cm³/mol. The fourth-order valence-corrected chi connectivity index (χ4v) is 1.67. The molecule has 1 rings (SSSR count). The summed E-state index contributed by atoms with van der Waals surface area (Å²) in [5.41, 5.74) is 6.34. The molecule has 84 valence electrons. The number of hydrogen-bond donors (Lipinski definition) is 3. The Morgan fingerprint density at radius 3 is 2.73 bits per heavy atom. The van der Waals surface area contributed by atoms with Crippen molar-refractivity contribution in [2.75, 3.05) is 6.61 Å². The molecule has 0 heterocycles. The summed E-state index contributed by atoms with van der Waals surface area (Å²) >= 11 is 5.91. The number of phenolic OH excluding ortho intramolecular Hbond substituents is 1. The molecule has 3 nitrogen and oxygen atoms in total. The van der Waals surface area contributed by atoms with Gasteiger partial charge in [-0.1, -0.05) is 11.6 Å². The Morgan fingerprint density at radius 1 is 1.60 bits per heavy atom. The summed E-state index contributed by atoms with van der Waals surface area (Å²) in [7, 11) is 0. The number of halogens is 2. The van der Waals surface area contributed by atoms with Gasteiger partial charge in [-0.15, -0.1) is 0 Å². The summed E-state index contributed by atoms with van der Waals surface area (Å²) in [6, 6.07) is 0.476. The molecule has 1 aromatic rings. The van der Waals surface area contributed by atoms with Gasteiger partial charge in [-0.3, -0.25) is 0 Å². The smallest absolute Gasteiger partial charge is 0.165 e. The van der Waals surface area contributed by atoms with Crippen LogP contribution in [0, 0.1) is 12.7 Å². The molecule has 0 aliphatic heterocycles. The van der Waals surface area contributed by atoms with Gasteiger partial charge < -0.3 is 15.9 Å². The summed E-state index contributed by atoms with van der Waals surface area (Å²) in [5, 5.41) is 18.4. The third-order valence-corrected chi connectivity index (χ3v) is 2.72. The highest BCUT2D eigenvalue weighted by Crippen LogP contribution is 2.36. The van der Waals surface area contributed by atoms with Gasteiger partial charge in [-0.2, -0.15) is 0 Å². The highest BCUT2D eigenvalue weighted by molar-refractivity contribution is 6.32. The highest BCUT2D eigenvalue weighted by atomic mass is 35.5. The summed E-state index contributed by atoms with van der Waals surface area (Å²) < 4.78 is 13.2. The lowest BCUT2D eigenvalue weighted by Crippen LogP contribution is -2.13. The molecule has 0 saturated heterocycles. The molecule has 0 aromatic heterocycles. The van der Waals surface area contributed by atoms with Crippen molar-refractivity contribution in [1.82, 2.24) is 0 Å². The maximum absolute atomic E-state index is 13.2. The van der Waals surface area contributed by atoms with Crippen molar-refractivity contribution in [3.63, 3.8) is 0 Å². The van der Waals surface area contributed by atoms with Gasteiger partial charge in [0, 0.05) is 18.2 Å². The van der Waals surface area contributed by atoms with E-state index in [0.29, 0.717) is 5.56 Å². The molecule has 0 radical (unpaired) electrons. The topological polar surface area (TPSA) is 66.5 Å². The van der Waals surface area contributed by atoms with E-state index in [1.807, 2.05) is 0 Å². The van der Waals surface area contributed by atoms with Crippen LogP contribution < -0.4 is 5.73 Å². The average Bonchev–Trinajstić information content (AvgIpc) is 2.16. The van der Waals surface area contributed by atoms with Crippen LogP contribution in [0.3, 0.4) is 0 Å². The first-order chi connectivity index (χ1) is 6.99. The molecule has 1 unspecified atom stereocenters. The van der Waals surface area contributed by atoms with Gasteiger partial charge in [0.05, 0.1) is 5.02 Å². The third-order valence-electron chi connectivity index (χ3n) is 2.22. The highest BCUT2D eigenvalue weighted by Gasteiger charge is 2.19. The van der Waals surface area contributed by atoms with Crippen LogP contribution in [-0.4, -0.2) is 16.8 Å². The van der Waals surface area contributed by atoms with Crippen LogP contribution in [0.5, 0.6) is 5.75 Å². The Labute approximate surface area is 92.3 Å². The zero-order valence-corrected chi connectivity index (χ0v) is 9.05. The quantitative estimate of drug-likeness (QED) is 0.747. The molecule has 1 aromatic carbocycles. The second-order valence-electron chi connectivity index (χ2n) is 3.37. The normalized spacial score (nSPS) is 12.9. The van der Waals surface area contributed by atoms with E-state index in [2.05, 4.69) is 0 Å². The Bertz CT molecular complexity index is 345. The molecule has 0 spiro atoms. The molecule has 4 N–H and O–H groups in total. The van der Waals surface area contributed by atoms with Gasteiger partial charge in [0.15, 0.2) is 11.6 Å². The molecule has 0 saturated carbocycles. The number of aliphatic hydroxyl groups is 1. The Balaban J connectivity index is 3.26. The molecule has 0 fully saturated rings. The van der Waals surface area contributed by atoms with Crippen LogP contribution in [0.25, 0.3) is 0 Å². The Morgan fingerprint density at radius 2 is 2.20 bits per heavy atom. The van der Waals surface area contributed by atoms with Gasteiger partial charge in [0.2, 0.25) is 0 Å². The number of hydrogen-bond acceptors (Lipinski definition) is 3. The van der Waals surface area contributed by atoms with Gasteiger partial charge in [0.1, 0.15) is 0 Å². The lowest BCUT2D eigenvalue weighted by molar-refractivity contribution is 0.275. The van der Waals surface area contributed by atoms with Gasteiger partial charge in [0.25, 0.3) is 0 Å². The van der Waals surface area contributed by atoms with E-state index < -0.39 is 17.6 Å². The summed E-state index contributed by atoms with van der Waals surface area (Å²) in [6.07, 6.45) is 0.218. The minimum Gasteiger partial charge on any atom is -0.505 e. The summed E-state index contributed by atoms with van der Waals surface area (Å²) in [4.78, 5) is 0. The number of nitrogens with two attached hydrogens (primary N) is 1. The minimum atomic E-state index is -0.750. The molecule has 0 amide bonds. The first-order valence-electron chi connectivity index (χ1n) is 4.53. The first-order valence-corrected chi connectivity index (χ1v) is 4.90. The third kappa shape index (κ3) is 2.40. The standard InChI is InChI=1S/C10H13ClFNO2/c1-5-4-6(12)10(15)8(9(5)11)7(13)2-3-14/h4,7,14-15H,2-3,13H2,1H3. The minimum absolute atomic E-state index is 0.146. The molecular weight excluding hydrogens is 221 g/mol. The van der Waals surface area contributed by atoms with E-state index in [1.54, 1.807) is 6.92 Å². The summed E-state index contributed by atoms with van der Waals surface area (Å²) in [6.45, 7) is 1.48. The zero-order chi connectivity index (χ0) is 11.6. The largest absolute Gasteiger partial charge is 0.505 e. The molecule has 5 heteroatoms. The van der Waals surface area contributed by atoms with Crippen LogP contribution in [0.4, 0.5) is 4.39 Å². The lowest BCUT2D eigenvalue weighted by Gasteiger charge is -2.16. The van der Waals surface area contributed by atoms with Crippen LogP contribution in [0.1, 0.15) is 23.6 Å². The average molecular weight is 234 g/mol. The van der Waals surface area contributed by atoms with Crippen LogP contribution in [-0.2, 0) is 0 Å². The van der Waals surface area contributed by atoms with E-state index in [4.69, 9.17) is 22.4 Å². The monoisotopic (exact) mass is 233 g/mol. The van der Waals surface area contributed by atoms with E-state index in [1.165, 1.54) is 0 Å². The number of aryl methyl sites for hydroxylation is 1. The van der Waals surface area contributed by atoms with Crippen LogP contribution >= 0.6 is 11.6 Å². The van der Waals surface area contributed by atoms with Crippen molar-refractivity contribution in [2.45, 2.75) is 19.4 Å². The first kappa shape index (κ1) is 12.2. The lowest BCUT2D eigenvalue weighted by atomic mass is 10.0. The maximum Gasteiger partial charge on any atom is 0.165 e. The van der Waals surface area contributed by atoms with Crippen molar-refractivity contribution < 1.29 is 14.6 Å². The Hall–Kier alpha value is -0.840. The van der Waals surface area contributed by atoms with Crippen molar-refractivity contribution in [2.24, 2.45) is 5.73 Å². The summed E-state index contributed by atoms with van der Waals surface area (Å²) in [5.74, 6) is -1.29. The molecule has 15 heavy (non-hydrogen) atoms. The number of benzene rings is 1. The fraction of sp³-hybridized carbons (Fsp3) is 0.400. The van der Waals surface area contributed by atoms with E-state index in [0.717, 1.165) is 6.07 Å². The van der Waals surface area contributed by atoms with Crippen molar-refractivity contribution >= 4 is 11.6 Å². The fourth-order valence-electron chi connectivity index (χ4n) is 1.39. The molecular formula is C10H13ClFNO2. The van der Waals surface area contributed by atoms with Crippen LogP contribution in [0.15, 0.2) is 6.07 Å². The number of aliphatic hydroxyl groups excluding tert-OH is 1. The number of phenols is 1.